The van der Waals surface area contributed by atoms with Crippen molar-refractivity contribution < 1.29 is 5.11 Å². The Labute approximate surface area is 89.3 Å². The van der Waals surface area contributed by atoms with Gasteiger partial charge in [-0.05, 0) is 13.8 Å². The van der Waals surface area contributed by atoms with E-state index < -0.39 is 5.60 Å². The van der Waals surface area contributed by atoms with Crippen molar-refractivity contribution in [3.05, 3.63) is 18.5 Å². The second-order valence-electron chi connectivity index (χ2n) is 4.56. The number of aliphatic hydroxyl groups is 1. The molecule has 2 rings (SSSR count). The Morgan fingerprint density at radius 3 is 2.93 bits per heavy atom. The molecule has 1 N–H and O–H groups in total. The lowest BCUT2D eigenvalue weighted by Gasteiger charge is -2.16. The Balaban J connectivity index is 2.39. The van der Waals surface area contributed by atoms with Gasteiger partial charge in [-0.15, -0.1) is 0 Å². The molecule has 0 aliphatic rings. The predicted octanol–water partition coefficient (Wildman–Crippen LogP) is -0.539. The molecule has 2 heterocycles. The van der Waals surface area contributed by atoms with Crippen LogP contribution in [0.2, 0.25) is 0 Å². The van der Waals surface area contributed by atoms with E-state index in [4.69, 9.17) is 0 Å². The van der Waals surface area contributed by atoms with Crippen molar-refractivity contribution in [2.75, 3.05) is 0 Å². The minimum absolute atomic E-state index is 0.475. The predicted molar refractivity (Wildman–Crippen MR) is 62.0 cm³/mol. The molecular weight excluding hydrogens is 189 g/mol. The molecule has 0 fully saturated rings. The van der Waals surface area contributed by atoms with Crippen LogP contribution < -0.4 is 5.46 Å². The molecule has 0 radical (unpaired) electrons. The maximum Gasteiger partial charge on any atom is 0.181 e. The molecule has 0 amide bonds. The molecule has 0 aliphatic carbocycles. The van der Waals surface area contributed by atoms with Gasteiger partial charge in [-0.1, -0.05) is 11.5 Å². The van der Waals surface area contributed by atoms with Gasteiger partial charge >= 0.3 is 0 Å². The minimum atomic E-state index is -0.753. The fraction of sp³-hybridized carbons (Fsp3) is 0.400. The van der Waals surface area contributed by atoms with Gasteiger partial charge in [-0.25, -0.2) is 4.98 Å². The Morgan fingerprint density at radius 1 is 1.53 bits per heavy atom. The molecule has 2 aromatic rings. The second kappa shape index (κ2) is 3.34. The summed E-state index contributed by atoms with van der Waals surface area (Å²) >= 11 is 0. The fourth-order valence-corrected chi connectivity index (χ4v) is 1.55. The summed E-state index contributed by atoms with van der Waals surface area (Å²) < 4.78 is 1.73. The van der Waals surface area contributed by atoms with Crippen molar-refractivity contribution in [2.45, 2.75) is 26.0 Å². The SMILES string of the molecule is Bc1cnc2nn(CC(C)(C)O)cc2c1. The monoisotopic (exact) mass is 203 g/mol. The molecule has 0 saturated heterocycles. The molecule has 0 unspecified atom stereocenters. The molecule has 0 spiro atoms. The quantitative estimate of drug-likeness (QED) is 0.667. The van der Waals surface area contributed by atoms with Crippen LogP contribution in [0.15, 0.2) is 18.5 Å². The van der Waals surface area contributed by atoms with E-state index in [1.165, 1.54) is 0 Å². The smallest absolute Gasteiger partial charge is 0.181 e. The molecule has 78 valence electrons. The topological polar surface area (TPSA) is 50.9 Å². The van der Waals surface area contributed by atoms with Crippen LogP contribution >= 0.6 is 0 Å². The largest absolute Gasteiger partial charge is 0.389 e. The molecule has 0 saturated carbocycles. The highest BCUT2D eigenvalue weighted by Gasteiger charge is 2.14. The third-order valence-electron chi connectivity index (χ3n) is 2.09. The average molecular weight is 203 g/mol. The highest BCUT2D eigenvalue weighted by molar-refractivity contribution is 6.32. The van der Waals surface area contributed by atoms with E-state index in [-0.39, 0.29) is 0 Å². The average Bonchev–Trinajstić information content (AvgIpc) is 2.42. The summed E-state index contributed by atoms with van der Waals surface area (Å²) in [5, 5.41) is 15.0. The molecule has 4 nitrogen and oxygen atoms in total. The zero-order valence-electron chi connectivity index (χ0n) is 9.23. The van der Waals surface area contributed by atoms with Crippen LogP contribution in [0.4, 0.5) is 0 Å². The van der Waals surface area contributed by atoms with Crippen molar-refractivity contribution in [1.82, 2.24) is 14.8 Å². The van der Waals surface area contributed by atoms with E-state index in [2.05, 4.69) is 10.1 Å². The summed E-state index contributed by atoms with van der Waals surface area (Å²) in [5.74, 6) is 0. The Bertz CT molecular complexity index is 487. The highest BCUT2D eigenvalue weighted by atomic mass is 16.3. The van der Waals surface area contributed by atoms with Gasteiger partial charge in [0.2, 0.25) is 0 Å². The van der Waals surface area contributed by atoms with Gasteiger partial charge in [0, 0.05) is 17.8 Å². The standard InChI is InChI=1S/C10H14BN3O/c1-10(2,15)6-14-5-7-3-8(11)4-12-9(7)13-14/h3-5,15H,6,11H2,1-2H3. The summed E-state index contributed by atoms with van der Waals surface area (Å²) in [5.41, 5.74) is 1.09. The maximum absolute atomic E-state index is 9.67. The zero-order valence-corrected chi connectivity index (χ0v) is 9.23. The molecule has 0 aromatic carbocycles. The van der Waals surface area contributed by atoms with E-state index in [0.717, 1.165) is 16.5 Å². The molecule has 0 atom stereocenters. The fourth-order valence-electron chi connectivity index (χ4n) is 1.55. The van der Waals surface area contributed by atoms with Crippen LogP contribution in [-0.2, 0) is 6.54 Å². The Kier molecular flexibility index (Phi) is 2.27. The Morgan fingerprint density at radius 2 is 2.27 bits per heavy atom. The van der Waals surface area contributed by atoms with Gasteiger partial charge in [0.1, 0.15) is 7.85 Å². The molecular formula is C10H14BN3O. The number of hydrogen-bond donors (Lipinski definition) is 1. The molecule has 0 bridgehead atoms. The van der Waals surface area contributed by atoms with Crippen LogP contribution in [0.3, 0.4) is 0 Å². The number of fused-ring (bicyclic) bond motifs is 1. The van der Waals surface area contributed by atoms with Gasteiger partial charge in [0.15, 0.2) is 5.65 Å². The normalized spacial score (nSPS) is 12.2. The summed E-state index contributed by atoms with van der Waals surface area (Å²) in [7, 11) is 2.00. The van der Waals surface area contributed by atoms with Gasteiger partial charge in [-0.2, -0.15) is 5.10 Å². The first kappa shape index (κ1) is 10.2. The molecule has 15 heavy (non-hydrogen) atoms. The summed E-state index contributed by atoms with van der Waals surface area (Å²) in [6.07, 6.45) is 3.71. The van der Waals surface area contributed by atoms with Crippen LogP contribution in [0.25, 0.3) is 11.0 Å². The van der Waals surface area contributed by atoms with Crippen molar-refractivity contribution in [2.24, 2.45) is 0 Å². The number of hydrogen-bond acceptors (Lipinski definition) is 3. The van der Waals surface area contributed by atoms with Crippen molar-refractivity contribution >= 4 is 24.3 Å². The van der Waals surface area contributed by atoms with E-state index in [1.807, 2.05) is 20.1 Å². The van der Waals surface area contributed by atoms with E-state index in [9.17, 15) is 5.11 Å². The first-order chi connectivity index (χ1) is 6.94. The third-order valence-corrected chi connectivity index (χ3v) is 2.09. The lowest BCUT2D eigenvalue weighted by atomic mass is 9.98. The lowest BCUT2D eigenvalue weighted by molar-refractivity contribution is 0.0579. The number of nitrogens with zero attached hydrogens (tertiary/aromatic N) is 3. The van der Waals surface area contributed by atoms with E-state index in [1.54, 1.807) is 24.7 Å². The number of pyridine rings is 1. The summed E-state index contributed by atoms with van der Waals surface area (Å²) in [6, 6.07) is 2.04. The molecule has 5 heteroatoms. The van der Waals surface area contributed by atoms with Crippen molar-refractivity contribution in [3.8, 4) is 0 Å². The summed E-state index contributed by atoms with van der Waals surface area (Å²) in [6.45, 7) is 4.00. The van der Waals surface area contributed by atoms with Gasteiger partial charge in [-0.3, -0.25) is 4.68 Å². The van der Waals surface area contributed by atoms with E-state index >= 15 is 0 Å². The highest BCUT2D eigenvalue weighted by Crippen LogP contribution is 2.10. The van der Waals surface area contributed by atoms with Crippen molar-refractivity contribution in [3.63, 3.8) is 0 Å². The zero-order chi connectivity index (χ0) is 11.1. The number of rotatable bonds is 2. The second-order valence-corrected chi connectivity index (χ2v) is 4.56. The van der Waals surface area contributed by atoms with Gasteiger partial charge < -0.3 is 5.11 Å². The minimum Gasteiger partial charge on any atom is -0.389 e. The van der Waals surface area contributed by atoms with E-state index in [0.29, 0.717) is 6.54 Å². The van der Waals surface area contributed by atoms with Crippen LogP contribution in [0.1, 0.15) is 13.8 Å². The van der Waals surface area contributed by atoms with Crippen molar-refractivity contribution in [1.29, 1.82) is 0 Å². The Hall–Kier alpha value is -1.36. The van der Waals surface area contributed by atoms with Crippen LogP contribution in [-0.4, -0.2) is 33.3 Å². The molecule has 2 aromatic heterocycles. The van der Waals surface area contributed by atoms with Crippen LogP contribution in [0.5, 0.6) is 0 Å². The maximum atomic E-state index is 9.67. The van der Waals surface area contributed by atoms with Crippen LogP contribution in [0, 0.1) is 0 Å². The molecule has 0 aliphatic heterocycles. The summed E-state index contributed by atoms with van der Waals surface area (Å²) in [4.78, 5) is 4.22. The first-order valence-corrected chi connectivity index (χ1v) is 4.96. The van der Waals surface area contributed by atoms with Gasteiger partial charge in [0.05, 0.1) is 12.1 Å². The lowest BCUT2D eigenvalue weighted by Crippen LogP contribution is -2.26. The number of aromatic nitrogens is 3. The first-order valence-electron chi connectivity index (χ1n) is 4.96. The third kappa shape index (κ3) is 2.36. The van der Waals surface area contributed by atoms with Gasteiger partial charge in [0.25, 0.3) is 0 Å².